The molecule has 0 saturated carbocycles. The zero-order valence-corrected chi connectivity index (χ0v) is 22.1. The van der Waals surface area contributed by atoms with Crippen molar-refractivity contribution in [3.05, 3.63) is 124 Å². The number of carbonyl (C=O) groups is 1. The first-order valence-electron chi connectivity index (χ1n) is 11.6. The fourth-order valence-corrected chi connectivity index (χ4v) is 5.72. The first kappa shape index (κ1) is 25.8. The van der Waals surface area contributed by atoms with Crippen LogP contribution in [-0.4, -0.2) is 20.0 Å². The van der Waals surface area contributed by atoms with Crippen molar-refractivity contribution in [3.63, 3.8) is 0 Å². The Morgan fingerprint density at radius 2 is 1.61 bits per heavy atom. The number of hydrogen-bond donors (Lipinski definition) is 2. The highest BCUT2D eigenvalue weighted by molar-refractivity contribution is 7.92. The van der Waals surface area contributed by atoms with Crippen molar-refractivity contribution in [2.24, 2.45) is 5.10 Å². The molecule has 0 spiro atoms. The zero-order chi connectivity index (χ0) is 26.7. The number of fused-ring (bicyclic) bond motifs is 1. The third kappa shape index (κ3) is 5.67. The van der Waals surface area contributed by atoms with Gasteiger partial charge in [0.15, 0.2) is 0 Å². The van der Waals surface area contributed by atoms with Crippen molar-refractivity contribution < 1.29 is 17.9 Å². The molecule has 5 rings (SSSR count). The summed E-state index contributed by atoms with van der Waals surface area (Å²) in [6.07, 6.45) is 0.167. The molecule has 4 aromatic rings. The van der Waals surface area contributed by atoms with E-state index < -0.39 is 15.9 Å². The molecule has 192 valence electrons. The normalized spacial score (nSPS) is 15.8. The van der Waals surface area contributed by atoms with Gasteiger partial charge in [0.25, 0.3) is 15.9 Å². The molecule has 1 aliphatic heterocycles. The van der Waals surface area contributed by atoms with Gasteiger partial charge in [-0.15, -0.1) is 0 Å². The van der Waals surface area contributed by atoms with Gasteiger partial charge >= 0.3 is 0 Å². The van der Waals surface area contributed by atoms with Gasteiger partial charge in [0.1, 0.15) is 16.7 Å². The minimum absolute atomic E-state index is 0.0293. The lowest BCUT2D eigenvalue weighted by molar-refractivity contribution is 0.0954. The molecule has 1 atom stereocenters. The summed E-state index contributed by atoms with van der Waals surface area (Å²) >= 11 is 12.1. The minimum Gasteiger partial charge on any atom is -0.485 e. The molecule has 0 radical (unpaired) electrons. The Morgan fingerprint density at radius 1 is 0.895 bits per heavy atom. The fourth-order valence-electron chi connectivity index (χ4n) is 4.01. The van der Waals surface area contributed by atoms with Gasteiger partial charge in [0.2, 0.25) is 0 Å². The number of sulfonamides is 1. The molecule has 4 aromatic carbocycles. The zero-order valence-electron chi connectivity index (χ0n) is 19.8. The molecule has 1 heterocycles. The highest BCUT2D eigenvalue weighted by Crippen LogP contribution is 2.35. The second kappa shape index (κ2) is 10.9. The summed E-state index contributed by atoms with van der Waals surface area (Å²) in [5.41, 5.74) is 5.34. The number of amides is 1. The van der Waals surface area contributed by atoms with Gasteiger partial charge in [0, 0.05) is 28.3 Å². The minimum atomic E-state index is -4.08. The number of halogens is 2. The Kier molecular flexibility index (Phi) is 7.37. The third-order valence-corrected chi connectivity index (χ3v) is 8.00. The van der Waals surface area contributed by atoms with E-state index in [9.17, 15) is 13.2 Å². The SMILES string of the molecule is O=C(N/N=C1\CC(c2ccccc2)Oc2ccccc21)c1ccc(Cl)c(S(=O)(=O)Nc2ccc(Cl)cc2)c1. The van der Waals surface area contributed by atoms with E-state index in [0.29, 0.717) is 28.6 Å². The highest BCUT2D eigenvalue weighted by atomic mass is 35.5. The van der Waals surface area contributed by atoms with Crippen LogP contribution in [0.25, 0.3) is 0 Å². The molecule has 7 nitrogen and oxygen atoms in total. The second-order valence-corrected chi connectivity index (χ2v) is 11.0. The molecule has 38 heavy (non-hydrogen) atoms. The Labute approximate surface area is 230 Å². The molecule has 1 unspecified atom stereocenters. The van der Waals surface area contributed by atoms with Gasteiger partial charge in [0.05, 0.1) is 10.7 Å². The van der Waals surface area contributed by atoms with Crippen LogP contribution >= 0.6 is 23.2 Å². The largest absolute Gasteiger partial charge is 0.485 e. The van der Waals surface area contributed by atoms with Gasteiger partial charge in [-0.05, 0) is 60.2 Å². The quantitative estimate of drug-likeness (QED) is 0.262. The number of nitrogens with one attached hydrogen (secondary N) is 2. The van der Waals surface area contributed by atoms with Crippen molar-refractivity contribution in [2.45, 2.75) is 17.4 Å². The number of hydrazone groups is 1. The van der Waals surface area contributed by atoms with Crippen LogP contribution in [0.2, 0.25) is 10.0 Å². The number of nitrogens with zero attached hydrogens (tertiary/aromatic N) is 1. The maximum atomic E-state index is 13.0. The van der Waals surface area contributed by atoms with Crippen molar-refractivity contribution in [3.8, 4) is 5.75 Å². The Bertz CT molecular complexity index is 1630. The van der Waals surface area contributed by atoms with Crippen LogP contribution < -0.4 is 14.9 Å². The van der Waals surface area contributed by atoms with Gasteiger partial charge in [-0.2, -0.15) is 5.10 Å². The Morgan fingerprint density at radius 3 is 2.37 bits per heavy atom. The number of carbonyl (C=O) groups excluding carboxylic acids is 1. The number of anilines is 1. The predicted molar refractivity (Wildman–Crippen MR) is 149 cm³/mol. The maximum absolute atomic E-state index is 13.0. The molecule has 1 amide bonds. The van der Waals surface area contributed by atoms with Gasteiger partial charge < -0.3 is 4.74 Å². The average molecular weight is 566 g/mol. The van der Waals surface area contributed by atoms with E-state index in [0.717, 1.165) is 11.1 Å². The lowest BCUT2D eigenvalue weighted by Crippen LogP contribution is -2.25. The van der Waals surface area contributed by atoms with Crippen LogP contribution in [-0.2, 0) is 10.0 Å². The maximum Gasteiger partial charge on any atom is 0.271 e. The number of para-hydroxylation sites is 1. The lowest BCUT2D eigenvalue weighted by Gasteiger charge is -2.27. The Balaban J connectivity index is 1.39. The van der Waals surface area contributed by atoms with Crippen LogP contribution in [0.5, 0.6) is 5.75 Å². The van der Waals surface area contributed by atoms with Crippen LogP contribution in [0, 0.1) is 0 Å². The van der Waals surface area contributed by atoms with Crippen molar-refractivity contribution in [1.29, 1.82) is 0 Å². The summed E-state index contributed by atoms with van der Waals surface area (Å²) in [6.45, 7) is 0. The van der Waals surface area contributed by atoms with Crippen LogP contribution in [0.3, 0.4) is 0 Å². The first-order valence-corrected chi connectivity index (χ1v) is 13.8. The van der Waals surface area contributed by atoms with E-state index in [1.807, 2.05) is 54.6 Å². The highest BCUT2D eigenvalue weighted by Gasteiger charge is 2.26. The summed E-state index contributed by atoms with van der Waals surface area (Å²) < 4.78 is 34.6. The first-order chi connectivity index (χ1) is 18.3. The van der Waals surface area contributed by atoms with E-state index in [4.69, 9.17) is 27.9 Å². The second-order valence-electron chi connectivity index (χ2n) is 8.47. The molecule has 10 heteroatoms. The van der Waals surface area contributed by atoms with Crippen molar-refractivity contribution in [1.82, 2.24) is 5.43 Å². The predicted octanol–water partition coefficient (Wildman–Crippen LogP) is 6.45. The molecule has 1 aliphatic rings. The third-order valence-electron chi connectivity index (χ3n) is 5.89. The molecule has 0 fully saturated rings. The summed E-state index contributed by atoms with van der Waals surface area (Å²) in [5.74, 6) is 0.0751. The fraction of sp³-hybridized carbons (Fsp3) is 0.0714. The summed E-state index contributed by atoms with van der Waals surface area (Å²) in [4.78, 5) is 12.8. The van der Waals surface area contributed by atoms with E-state index in [1.165, 1.54) is 30.3 Å². The summed E-state index contributed by atoms with van der Waals surface area (Å²) in [6, 6.07) is 27.4. The van der Waals surface area contributed by atoms with E-state index in [2.05, 4.69) is 15.2 Å². The van der Waals surface area contributed by atoms with E-state index in [-0.39, 0.29) is 21.6 Å². The molecule has 2 N–H and O–H groups in total. The lowest BCUT2D eigenvalue weighted by atomic mass is 9.96. The summed E-state index contributed by atoms with van der Waals surface area (Å²) in [5, 5.41) is 4.83. The van der Waals surface area contributed by atoms with E-state index >= 15 is 0 Å². The van der Waals surface area contributed by atoms with Crippen molar-refractivity contribution >= 4 is 50.5 Å². The average Bonchev–Trinajstić information content (AvgIpc) is 2.93. The number of benzene rings is 4. The topological polar surface area (TPSA) is 96.9 Å². The Hall–Kier alpha value is -3.85. The molecule has 0 aliphatic carbocycles. The number of rotatable bonds is 6. The van der Waals surface area contributed by atoms with E-state index in [1.54, 1.807) is 12.1 Å². The van der Waals surface area contributed by atoms with Crippen molar-refractivity contribution in [2.75, 3.05) is 4.72 Å². The smallest absolute Gasteiger partial charge is 0.271 e. The molecule has 0 saturated heterocycles. The van der Waals surface area contributed by atoms with Gasteiger partial charge in [-0.1, -0.05) is 65.7 Å². The molecule has 0 aromatic heterocycles. The van der Waals surface area contributed by atoms with Gasteiger partial charge in [-0.25, -0.2) is 13.8 Å². The molecular weight excluding hydrogens is 545 g/mol. The van der Waals surface area contributed by atoms with Crippen LogP contribution in [0.4, 0.5) is 5.69 Å². The number of hydrogen-bond acceptors (Lipinski definition) is 5. The summed E-state index contributed by atoms with van der Waals surface area (Å²) in [7, 11) is -4.08. The van der Waals surface area contributed by atoms with Gasteiger partial charge in [-0.3, -0.25) is 9.52 Å². The molecular formula is C28H21Cl2N3O4S. The van der Waals surface area contributed by atoms with Crippen LogP contribution in [0.15, 0.2) is 107 Å². The van der Waals surface area contributed by atoms with Crippen LogP contribution in [0.1, 0.15) is 34.0 Å². The molecule has 0 bridgehead atoms. The number of ether oxygens (including phenoxy) is 1. The monoisotopic (exact) mass is 565 g/mol. The standard InChI is InChI=1S/C28H21Cl2N3O4S/c29-20-11-13-21(14-12-20)33-38(35,36)27-16-19(10-15-23(27)30)28(34)32-31-24-17-26(18-6-2-1-3-7-18)37-25-9-5-4-8-22(24)25/h1-16,26,33H,17H2,(H,32,34)/b31-24+.